The fraction of sp³-hybridized carbons (Fsp3) is 0.571. The topological polar surface area (TPSA) is 32.7 Å². The molecule has 0 aliphatic carbocycles. The molecule has 0 radical (unpaired) electrons. The standard InChI is InChI=1S/C14H18F3NO2/c15-14(16,17)13-3-1-11(2-4-13)12(10-19)9-18-5-7-20-8-6-18/h1-4,12,19H,5-10H2. The van der Waals surface area contributed by atoms with Crippen molar-refractivity contribution in [3.8, 4) is 0 Å². The molecule has 1 unspecified atom stereocenters. The second-order valence-corrected chi connectivity index (χ2v) is 4.91. The van der Waals surface area contributed by atoms with Crippen LogP contribution in [0.4, 0.5) is 13.2 Å². The first kappa shape index (κ1) is 15.3. The van der Waals surface area contributed by atoms with E-state index in [2.05, 4.69) is 4.90 Å². The molecule has 1 N–H and O–H groups in total. The van der Waals surface area contributed by atoms with Crippen LogP contribution in [0, 0.1) is 0 Å². The van der Waals surface area contributed by atoms with Gasteiger partial charge >= 0.3 is 6.18 Å². The molecule has 20 heavy (non-hydrogen) atoms. The zero-order valence-corrected chi connectivity index (χ0v) is 11.1. The average Bonchev–Trinajstić information content (AvgIpc) is 2.45. The smallest absolute Gasteiger partial charge is 0.396 e. The van der Waals surface area contributed by atoms with E-state index in [9.17, 15) is 18.3 Å². The second kappa shape index (κ2) is 6.56. The second-order valence-electron chi connectivity index (χ2n) is 4.91. The van der Waals surface area contributed by atoms with E-state index in [1.165, 1.54) is 12.1 Å². The van der Waals surface area contributed by atoms with Gasteiger partial charge in [-0.25, -0.2) is 0 Å². The van der Waals surface area contributed by atoms with Crippen molar-refractivity contribution in [2.45, 2.75) is 12.1 Å². The molecule has 1 fully saturated rings. The number of morpholine rings is 1. The van der Waals surface area contributed by atoms with Crippen molar-refractivity contribution < 1.29 is 23.0 Å². The third kappa shape index (κ3) is 3.94. The molecule has 0 aromatic heterocycles. The van der Waals surface area contributed by atoms with Crippen molar-refractivity contribution in [2.75, 3.05) is 39.5 Å². The van der Waals surface area contributed by atoms with Gasteiger partial charge in [0.25, 0.3) is 0 Å². The summed E-state index contributed by atoms with van der Waals surface area (Å²) in [6, 6.07) is 5.03. The monoisotopic (exact) mass is 289 g/mol. The summed E-state index contributed by atoms with van der Waals surface area (Å²) < 4.78 is 42.8. The third-order valence-electron chi connectivity index (χ3n) is 3.51. The Morgan fingerprint density at radius 1 is 1.15 bits per heavy atom. The summed E-state index contributed by atoms with van der Waals surface area (Å²) in [7, 11) is 0. The van der Waals surface area contributed by atoms with Crippen molar-refractivity contribution in [3.05, 3.63) is 35.4 Å². The Bertz CT molecular complexity index is 413. The van der Waals surface area contributed by atoms with E-state index in [1.807, 2.05) is 0 Å². The van der Waals surface area contributed by atoms with Gasteiger partial charge in [-0.05, 0) is 17.7 Å². The molecule has 1 aromatic carbocycles. The molecule has 2 rings (SSSR count). The van der Waals surface area contributed by atoms with Crippen LogP contribution < -0.4 is 0 Å². The summed E-state index contributed by atoms with van der Waals surface area (Å²) in [5.74, 6) is -0.171. The fourth-order valence-corrected chi connectivity index (χ4v) is 2.31. The lowest BCUT2D eigenvalue weighted by Crippen LogP contribution is -2.39. The van der Waals surface area contributed by atoms with Crippen molar-refractivity contribution in [1.82, 2.24) is 4.90 Å². The minimum absolute atomic E-state index is 0.0806. The number of halogens is 3. The quantitative estimate of drug-likeness (QED) is 0.921. The van der Waals surface area contributed by atoms with Gasteiger partial charge in [0, 0.05) is 25.6 Å². The van der Waals surface area contributed by atoms with E-state index in [0.29, 0.717) is 19.8 Å². The molecular formula is C14H18F3NO2. The van der Waals surface area contributed by atoms with Crippen LogP contribution in [0.2, 0.25) is 0 Å². The predicted octanol–water partition coefficient (Wildman–Crippen LogP) is 2.11. The Balaban J connectivity index is 2.03. The number of ether oxygens (including phenoxy) is 1. The lowest BCUT2D eigenvalue weighted by Gasteiger charge is -2.30. The Hall–Kier alpha value is -1.11. The van der Waals surface area contributed by atoms with Gasteiger partial charge in [0.2, 0.25) is 0 Å². The fourth-order valence-electron chi connectivity index (χ4n) is 2.31. The van der Waals surface area contributed by atoms with Crippen LogP contribution in [0.1, 0.15) is 17.0 Å². The van der Waals surface area contributed by atoms with E-state index in [4.69, 9.17) is 4.74 Å². The number of rotatable bonds is 4. The van der Waals surface area contributed by atoms with E-state index in [1.54, 1.807) is 0 Å². The first-order chi connectivity index (χ1) is 9.50. The van der Waals surface area contributed by atoms with Crippen molar-refractivity contribution in [3.63, 3.8) is 0 Å². The molecular weight excluding hydrogens is 271 g/mol. The largest absolute Gasteiger partial charge is 0.416 e. The van der Waals surface area contributed by atoms with Gasteiger partial charge < -0.3 is 9.84 Å². The van der Waals surface area contributed by atoms with Gasteiger partial charge in [0.05, 0.1) is 25.4 Å². The molecule has 1 atom stereocenters. The van der Waals surface area contributed by atoms with Crippen LogP contribution in [0.15, 0.2) is 24.3 Å². The minimum Gasteiger partial charge on any atom is -0.396 e. The molecule has 0 saturated carbocycles. The highest BCUT2D eigenvalue weighted by Gasteiger charge is 2.30. The lowest BCUT2D eigenvalue weighted by atomic mass is 9.98. The number of hydrogen-bond donors (Lipinski definition) is 1. The first-order valence-corrected chi connectivity index (χ1v) is 6.59. The molecule has 1 heterocycles. The molecule has 1 aromatic rings. The number of aliphatic hydroxyl groups is 1. The molecule has 6 heteroatoms. The maximum atomic E-state index is 12.5. The Morgan fingerprint density at radius 2 is 1.75 bits per heavy atom. The summed E-state index contributed by atoms with van der Waals surface area (Å²) >= 11 is 0. The zero-order valence-electron chi connectivity index (χ0n) is 11.1. The van der Waals surface area contributed by atoms with E-state index in [0.717, 1.165) is 30.8 Å². The Morgan fingerprint density at radius 3 is 2.25 bits per heavy atom. The van der Waals surface area contributed by atoms with Crippen molar-refractivity contribution in [2.24, 2.45) is 0 Å². The highest BCUT2D eigenvalue weighted by atomic mass is 19.4. The average molecular weight is 289 g/mol. The van der Waals surface area contributed by atoms with Gasteiger partial charge in [0.1, 0.15) is 0 Å². The van der Waals surface area contributed by atoms with Crippen LogP contribution in [-0.2, 0) is 10.9 Å². The van der Waals surface area contributed by atoms with Crippen molar-refractivity contribution >= 4 is 0 Å². The number of alkyl halides is 3. The first-order valence-electron chi connectivity index (χ1n) is 6.59. The van der Waals surface area contributed by atoms with Crippen molar-refractivity contribution in [1.29, 1.82) is 0 Å². The maximum absolute atomic E-state index is 12.5. The number of nitrogens with zero attached hydrogens (tertiary/aromatic N) is 1. The van der Waals surface area contributed by atoms with Crippen LogP contribution >= 0.6 is 0 Å². The predicted molar refractivity (Wildman–Crippen MR) is 68.5 cm³/mol. The summed E-state index contributed by atoms with van der Waals surface area (Å²) in [6.45, 7) is 3.44. The normalized spacial score (nSPS) is 19.0. The Labute approximate surface area is 116 Å². The van der Waals surface area contributed by atoms with Gasteiger partial charge in [-0.3, -0.25) is 4.90 Å². The van der Waals surface area contributed by atoms with Crippen LogP contribution in [0.3, 0.4) is 0 Å². The van der Waals surface area contributed by atoms with Gasteiger partial charge in [-0.2, -0.15) is 13.2 Å². The molecule has 1 aliphatic rings. The molecule has 0 spiro atoms. The Kier molecular flexibility index (Phi) is 5.01. The van der Waals surface area contributed by atoms with Gasteiger partial charge in [-0.1, -0.05) is 12.1 Å². The van der Waals surface area contributed by atoms with Crippen LogP contribution in [0.5, 0.6) is 0 Å². The van der Waals surface area contributed by atoms with Gasteiger partial charge in [0.15, 0.2) is 0 Å². The van der Waals surface area contributed by atoms with Gasteiger partial charge in [-0.15, -0.1) is 0 Å². The molecule has 112 valence electrons. The highest BCUT2D eigenvalue weighted by molar-refractivity contribution is 5.27. The van der Waals surface area contributed by atoms with Crippen LogP contribution in [-0.4, -0.2) is 49.5 Å². The lowest BCUT2D eigenvalue weighted by molar-refractivity contribution is -0.137. The van der Waals surface area contributed by atoms with E-state index >= 15 is 0 Å². The summed E-state index contributed by atoms with van der Waals surface area (Å²) in [4.78, 5) is 2.15. The molecule has 3 nitrogen and oxygen atoms in total. The maximum Gasteiger partial charge on any atom is 0.416 e. The summed E-state index contributed by atoms with van der Waals surface area (Å²) in [5.41, 5.74) is 0.0660. The SMILES string of the molecule is OCC(CN1CCOCC1)c1ccc(C(F)(F)F)cc1. The number of hydrogen-bond acceptors (Lipinski definition) is 3. The number of benzene rings is 1. The van der Waals surface area contributed by atoms with E-state index < -0.39 is 11.7 Å². The molecule has 1 saturated heterocycles. The molecule has 0 bridgehead atoms. The molecule has 1 aliphatic heterocycles. The summed E-state index contributed by atoms with van der Waals surface area (Å²) in [5, 5.41) is 9.46. The zero-order chi connectivity index (χ0) is 14.6. The van der Waals surface area contributed by atoms with Crippen LogP contribution in [0.25, 0.3) is 0 Å². The highest BCUT2D eigenvalue weighted by Crippen LogP contribution is 2.30. The van der Waals surface area contributed by atoms with E-state index in [-0.39, 0.29) is 12.5 Å². The third-order valence-corrected chi connectivity index (χ3v) is 3.51. The minimum atomic E-state index is -4.32. The number of aliphatic hydroxyl groups excluding tert-OH is 1. The molecule has 0 amide bonds. The summed E-state index contributed by atoms with van der Waals surface area (Å²) in [6.07, 6.45) is -4.32.